The Morgan fingerprint density at radius 2 is 2.00 bits per heavy atom. The summed E-state index contributed by atoms with van der Waals surface area (Å²) in [5, 5.41) is 0. The molecule has 1 heteroatoms. The van der Waals surface area contributed by atoms with Gasteiger partial charge in [-0.05, 0) is 36.0 Å². The number of allylic oxidation sites excluding steroid dienone is 2. The molecule has 0 amide bonds. The summed E-state index contributed by atoms with van der Waals surface area (Å²) < 4.78 is 0. The summed E-state index contributed by atoms with van der Waals surface area (Å²) in [5.74, 6) is 1.46. The van der Waals surface area contributed by atoms with Gasteiger partial charge in [-0.15, -0.1) is 0 Å². The van der Waals surface area contributed by atoms with Crippen LogP contribution in [0.5, 0.6) is 0 Å². The van der Waals surface area contributed by atoms with Crippen molar-refractivity contribution >= 4 is 5.78 Å². The van der Waals surface area contributed by atoms with Crippen LogP contribution in [0.4, 0.5) is 0 Å². The molecule has 1 spiro atoms. The monoisotopic (exact) mass is 190 g/mol. The molecule has 0 heterocycles. The predicted molar refractivity (Wildman–Crippen MR) is 55.8 cm³/mol. The predicted octanol–water partition coefficient (Wildman–Crippen LogP) is 2.96. The molecule has 3 unspecified atom stereocenters. The third-order valence-electron chi connectivity index (χ3n) is 5.00. The molecule has 3 rings (SSSR count). The molecule has 0 saturated heterocycles. The lowest BCUT2D eigenvalue weighted by Gasteiger charge is -2.33. The molecule has 0 radical (unpaired) electrons. The highest BCUT2D eigenvalue weighted by atomic mass is 16.1. The van der Waals surface area contributed by atoms with Crippen LogP contribution in [0.25, 0.3) is 0 Å². The molecule has 0 aromatic carbocycles. The molecule has 76 valence electrons. The Bertz CT molecular complexity index is 326. The second kappa shape index (κ2) is 2.32. The standard InChI is InChI=1S/C13H18O/c1-12(2)7-8-13-6-5-10(14)9(13)3-4-11(12)13/h3-4,9,11H,5-8H2,1-2H3. The summed E-state index contributed by atoms with van der Waals surface area (Å²) in [7, 11) is 0. The summed E-state index contributed by atoms with van der Waals surface area (Å²) >= 11 is 0. The lowest BCUT2D eigenvalue weighted by molar-refractivity contribution is -0.120. The van der Waals surface area contributed by atoms with Gasteiger partial charge in [-0.25, -0.2) is 0 Å². The highest BCUT2D eigenvalue weighted by Crippen LogP contribution is 2.66. The average molecular weight is 190 g/mol. The molecule has 3 aliphatic rings. The van der Waals surface area contributed by atoms with Crippen LogP contribution >= 0.6 is 0 Å². The van der Waals surface area contributed by atoms with Gasteiger partial charge in [-0.2, -0.15) is 0 Å². The van der Waals surface area contributed by atoms with Gasteiger partial charge >= 0.3 is 0 Å². The summed E-state index contributed by atoms with van der Waals surface area (Å²) in [6.45, 7) is 4.73. The van der Waals surface area contributed by atoms with Gasteiger partial charge in [0.2, 0.25) is 0 Å². The van der Waals surface area contributed by atoms with Crippen molar-refractivity contribution in [3.8, 4) is 0 Å². The van der Waals surface area contributed by atoms with Crippen molar-refractivity contribution in [2.45, 2.75) is 39.5 Å². The van der Waals surface area contributed by atoms with Gasteiger partial charge in [0.1, 0.15) is 5.78 Å². The Morgan fingerprint density at radius 3 is 2.79 bits per heavy atom. The Labute approximate surface area is 85.6 Å². The molecule has 3 aliphatic carbocycles. The molecule has 0 aromatic heterocycles. The summed E-state index contributed by atoms with van der Waals surface area (Å²) in [4.78, 5) is 11.8. The van der Waals surface area contributed by atoms with Gasteiger partial charge < -0.3 is 0 Å². The van der Waals surface area contributed by atoms with Crippen molar-refractivity contribution < 1.29 is 4.79 Å². The van der Waals surface area contributed by atoms with Crippen LogP contribution in [0.1, 0.15) is 39.5 Å². The first-order valence-electron chi connectivity index (χ1n) is 5.77. The maximum absolute atomic E-state index is 11.8. The summed E-state index contributed by atoms with van der Waals surface area (Å²) in [5.41, 5.74) is 0.788. The Hall–Kier alpha value is -0.590. The molecule has 14 heavy (non-hydrogen) atoms. The van der Waals surface area contributed by atoms with Crippen molar-refractivity contribution in [3.63, 3.8) is 0 Å². The van der Waals surface area contributed by atoms with E-state index in [1.54, 1.807) is 0 Å². The zero-order valence-electron chi connectivity index (χ0n) is 9.05. The second-order valence-corrected chi connectivity index (χ2v) is 6.03. The molecule has 0 aromatic rings. The van der Waals surface area contributed by atoms with Crippen molar-refractivity contribution in [2.24, 2.45) is 22.7 Å². The molecule has 3 atom stereocenters. The van der Waals surface area contributed by atoms with E-state index in [1.807, 2.05) is 0 Å². The van der Waals surface area contributed by atoms with E-state index < -0.39 is 0 Å². The average Bonchev–Trinajstić information content (AvgIpc) is 2.68. The van der Waals surface area contributed by atoms with Crippen molar-refractivity contribution in [2.75, 3.05) is 0 Å². The largest absolute Gasteiger partial charge is 0.299 e. The number of hydrogen-bond acceptors (Lipinski definition) is 1. The minimum Gasteiger partial charge on any atom is -0.299 e. The lowest BCUT2D eigenvalue weighted by atomic mass is 9.69. The number of hydrogen-bond donors (Lipinski definition) is 0. The Balaban J connectivity index is 2.06. The maximum atomic E-state index is 11.8. The van der Waals surface area contributed by atoms with Gasteiger partial charge in [0.25, 0.3) is 0 Å². The van der Waals surface area contributed by atoms with Gasteiger partial charge in [-0.1, -0.05) is 26.0 Å². The maximum Gasteiger partial charge on any atom is 0.140 e. The summed E-state index contributed by atoms with van der Waals surface area (Å²) in [6.07, 6.45) is 9.11. The molecule has 0 aliphatic heterocycles. The molecule has 2 saturated carbocycles. The third-order valence-corrected chi connectivity index (χ3v) is 5.00. The van der Waals surface area contributed by atoms with E-state index in [0.29, 0.717) is 22.5 Å². The molecule has 0 bridgehead atoms. The summed E-state index contributed by atoms with van der Waals surface area (Å²) in [6, 6.07) is 0. The number of Topliss-reactive ketones (excluding diaryl/α,β-unsaturated/α-hetero) is 1. The normalized spacial score (nSPS) is 48.3. The first-order chi connectivity index (χ1) is 6.56. The fraction of sp³-hybridized carbons (Fsp3) is 0.769. The minimum absolute atomic E-state index is 0.286. The third kappa shape index (κ3) is 0.796. The SMILES string of the molecule is CC1(C)CCC23CCC(=O)C2C=CC13. The Morgan fingerprint density at radius 1 is 1.21 bits per heavy atom. The van der Waals surface area contributed by atoms with Gasteiger partial charge in [0.15, 0.2) is 0 Å². The molecule has 2 fully saturated rings. The zero-order valence-corrected chi connectivity index (χ0v) is 9.05. The number of carbonyl (C=O) groups is 1. The quantitative estimate of drug-likeness (QED) is 0.537. The second-order valence-electron chi connectivity index (χ2n) is 6.03. The van der Waals surface area contributed by atoms with E-state index in [2.05, 4.69) is 26.0 Å². The van der Waals surface area contributed by atoms with Crippen LogP contribution in [-0.4, -0.2) is 5.78 Å². The highest BCUT2D eigenvalue weighted by molar-refractivity contribution is 5.87. The number of carbonyl (C=O) groups excluding carboxylic acids is 1. The van der Waals surface area contributed by atoms with Crippen LogP contribution in [0.2, 0.25) is 0 Å². The van der Waals surface area contributed by atoms with E-state index in [9.17, 15) is 4.79 Å². The van der Waals surface area contributed by atoms with Gasteiger partial charge in [0, 0.05) is 12.3 Å². The Kier molecular flexibility index (Phi) is 1.44. The first-order valence-corrected chi connectivity index (χ1v) is 5.77. The first kappa shape index (κ1) is 8.70. The van der Waals surface area contributed by atoms with E-state index in [0.717, 1.165) is 12.8 Å². The molecule has 1 nitrogen and oxygen atoms in total. The van der Waals surface area contributed by atoms with Gasteiger partial charge in [-0.3, -0.25) is 4.79 Å². The number of ketones is 1. The van der Waals surface area contributed by atoms with Crippen LogP contribution in [0.15, 0.2) is 12.2 Å². The fourth-order valence-electron chi connectivity index (χ4n) is 4.23. The van der Waals surface area contributed by atoms with Crippen LogP contribution in [0, 0.1) is 22.7 Å². The minimum atomic E-state index is 0.286. The lowest BCUT2D eigenvalue weighted by Crippen LogP contribution is -2.30. The van der Waals surface area contributed by atoms with E-state index >= 15 is 0 Å². The fourth-order valence-corrected chi connectivity index (χ4v) is 4.23. The topological polar surface area (TPSA) is 17.1 Å². The molecular weight excluding hydrogens is 172 g/mol. The van der Waals surface area contributed by atoms with E-state index in [1.165, 1.54) is 12.8 Å². The van der Waals surface area contributed by atoms with Crippen molar-refractivity contribution in [1.82, 2.24) is 0 Å². The zero-order chi connectivity index (χ0) is 9.97. The smallest absolute Gasteiger partial charge is 0.140 e. The van der Waals surface area contributed by atoms with Crippen LogP contribution < -0.4 is 0 Å². The van der Waals surface area contributed by atoms with Crippen molar-refractivity contribution in [1.29, 1.82) is 0 Å². The molecule has 0 N–H and O–H groups in total. The van der Waals surface area contributed by atoms with Crippen LogP contribution in [-0.2, 0) is 4.79 Å². The van der Waals surface area contributed by atoms with Crippen LogP contribution in [0.3, 0.4) is 0 Å². The van der Waals surface area contributed by atoms with Crippen molar-refractivity contribution in [3.05, 3.63) is 12.2 Å². The number of rotatable bonds is 0. The highest BCUT2D eigenvalue weighted by Gasteiger charge is 2.61. The van der Waals surface area contributed by atoms with E-state index in [4.69, 9.17) is 0 Å². The molecular formula is C13H18O. The van der Waals surface area contributed by atoms with E-state index in [-0.39, 0.29) is 5.92 Å². The van der Waals surface area contributed by atoms with Gasteiger partial charge in [0.05, 0.1) is 0 Å².